The van der Waals surface area contributed by atoms with Gasteiger partial charge < -0.3 is 9.84 Å². The van der Waals surface area contributed by atoms with Crippen molar-refractivity contribution in [3.05, 3.63) is 0 Å². The van der Waals surface area contributed by atoms with Gasteiger partial charge in [0, 0.05) is 0 Å². The summed E-state index contributed by atoms with van der Waals surface area (Å²) in [4.78, 5) is 0. The summed E-state index contributed by atoms with van der Waals surface area (Å²) in [6, 6.07) is 0. The molecule has 8 heavy (non-hydrogen) atoms. The third kappa shape index (κ3) is 3.66. The van der Waals surface area contributed by atoms with Gasteiger partial charge in [0.25, 0.3) is 0 Å². The Morgan fingerprint density at radius 2 is 2.50 bits per heavy atom. The van der Waals surface area contributed by atoms with Crippen molar-refractivity contribution in [3.63, 3.8) is 0 Å². The van der Waals surface area contributed by atoms with Gasteiger partial charge in [-0.05, 0) is 6.92 Å². The van der Waals surface area contributed by atoms with Crippen LogP contribution in [0.25, 0.3) is 0 Å². The number of aliphatic hydroxyl groups excluding tert-OH is 1. The molecular formula is C6H10O2. The Kier molecular flexibility index (Phi) is 4.33. The Labute approximate surface area is 49.5 Å². The van der Waals surface area contributed by atoms with Crippen molar-refractivity contribution in [2.24, 2.45) is 0 Å². The van der Waals surface area contributed by atoms with Gasteiger partial charge in [0.15, 0.2) is 0 Å². The monoisotopic (exact) mass is 114 g/mol. The summed E-state index contributed by atoms with van der Waals surface area (Å²) in [5.41, 5.74) is 0. The van der Waals surface area contributed by atoms with Gasteiger partial charge in [0.1, 0.15) is 6.61 Å². The SMILES string of the molecule is C#CCO[C@@H](C)CO. The highest BCUT2D eigenvalue weighted by atomic mass is 16.5. The number of aliphatic hydroxyl groups is 1. The van der Waals surface area contributed by atoms with Gasteiger partial charge in [-0.3, -0.25) is 0 Å². The van der Waals surface area contributed by atoms with Crippen LogP contribution in [0.5, 0.6) is 0 Å². The summed E-state index contributed by atoms with van der Waals surface area (Å²) in [6.45, 7) is 2.07. The predicted octanol–water partition coefficient (Wildman–Crippen LogP) is 0.0170. The standard InChI is InChI=1S/C6H10O2/c1-3-4-8-6(2)5-7/h1,6-7H,4-5H2,2H3/t6-/m0/s1. The topological polar surface area (TPSA) is 29.5 Å². The maximum atomic E-state index is 8.37. The van der Waals surface area contributed by atoms with E-state index in [2.05, 4.69) is 5.92 Å². The van der Waals surface area contributed by atoms with Crippen LogP contribution in [-0.2, 0) is 4.74 Å². The van der Waals surface area contributed by atoms with Gasteiger partial charge in [0.05, 0.1) is 12.7 Å². The van der Waals surface area contributed by atoms with Gasteiger partial charge >= 0.3 is 0 Å². The zero-order chi connectivity index (χ0) is 6.41. The lowest BCUT2D eigenvalue weighted by Crippen LogP contribution is -2.12. The van der Waals surface area contributed by atoms with E-state index in [1.54, 1.807) is 6.92 Å². The molecule has 0 aromatic carbocycles. The number of rotatable bonds is 3. The lowest BCUT2D eigenvalue weighted by Gasteiger charge is -2.04. The Balaban J connectivity index is 3.01. The molecule has 1 atom stereocenters. The minimum atomic E-state index is -0.133. The molecule has 0 heterocycles. The number of hydrogen-bond acceptors (Lipinski definition) is 2. The number of ether oxygens (including phenoxy) is 1. The molecule has 2 heteroatoms. The molecular weight excluding hydrogens is 104 g/mol. The zero-order valence-corrected chi connectivity index (χ0v) is 4.92. The summed E-state index contributed by atoms with van der Waals surface area (Å²) < 4.78 is 4.85. The summed E-state index contributed by atoms with van der Waals surface area (Å²) in [6.07, 6.45) is 4.74. The lowest BCUT2D eigenvalue weighted by atomic mass is 10.4. The van der Waals surface area contributed by atoms with E-state index < -0.39 is 0 Å². The van der Waals surface area contributed by atoms with Gasteiger partial charge in [-0.1, -0.05) is 5.92 Å². The average molecular weight is 114 g/mol. The highest BCUT2D eigenvalue weighted by molar-refractivity contribution is 4.83. The van der Waals surface area contributed by atoms with Crippen molar-refractivity contribution in [2.75, 3.05) is 13.2 Å². The van der Waals surface area contributed by atoms with Gasteiger partial charge in [0.2, 0.25) is 0 Å². The van der Waals surface area contributed by atoms with Crippen molar-refractivity contribution >= 4 is 0 Å². The number of hydrogen-bond donors (Lipinski definition) is 1. The lowest BCUT2D eigenvalue weighted by molar-refractivity contribution is 0.0440. The first-order valence-electron chi connectivity index (χ1n) is 2.47. The molecule has 0 saturated carbocycles. The molecule has 0 amide bonds. The van der Waals surface area contributed by atoms with E-state index in [0.29, 0.717) is 0 Å². The summed E-state index contributed by atoms with van der Waals surface area (Å²) in [5, 5.41) is 8.37. The smallest absolute Gasteiger partial charge is 0.107 e. The maximum absolute atomic E-state index is 8.37. The Morgan fingerprint density at radius 3 is 2.88 bits per heavy atom. The quantitative estimate of drug-likeness (QED) is 0.524. The molecule has 1 N–H and O–H groups in total. The highest BCUT2D eigenvalue weighted by Crippen LogP contribution is 1.84. The summed E-state index contributed by atoms with van der Waals surface area (Å²) in [5.74, 6) is 2.30. The fourth-order valence-corrected chi connectivity index (χ4v) is 0.243. The van der Waals surface area contributed by atoms with E-state index >= 15 is 0 Å². The van der Waals surface area contributed by atoms with Crippen LogP contribution in [0.4, 0.5) is 0 Å². The van der Waals surface area contributed by atoms with Gasteiger partial charge in [-0.15, -0.1) is 6.42 Å². The van der Waals surface area contributed by atoms with Crippen molar-refractivity contribution in [2.45, 2.75) is 13.0 Å². The molecule has 0 aliphatic rings. The first kappa shape index (κ1) is 7.48. The van der Waals surface area contributed by atoms with E-state index in [4.69, 9.17) is 16.3 Å². The first-order chi connectivity index (χ1) is 3.81. The molecule has 0 fully saturated rings. The van der Waals surface area contributed by atoms with Gasteiger partial charge in [-0.25, -0.2) is 0 Å². The molecule has 0 radical (unpaired) electrons. The minimum Gasteiger partial charge on any atom is -0.394 e. The van der Waals surface area contributed by atoms with Crippen LogP contribution in [0.1, 0.15) is 6.92 Å². The molecule has 0 saturated heterocycles. The largest absolute Gasteiger partial charge is 0.394 e. The molecule has 0 aromatic heterocycles. The van der Waals surface area contributed by atoms with Crippen molar-refractivity contribution < 1.29 is 9.84 Å². The predicted molar refractivity (Wildman–Crippen MR) is 31.3 cm³/mol. The van der Waals surface area contributed by atoms with E-state index in [9.17, 15) is 0 Å². The Hall–Kier alpha value is -0.520. The van der Waals surface area contributed by atoms with Crippen LogP contribution in [0.3, 0.4) is 0 Å². The normalized spacial score (nSPS) is 12.6. The fourth-order valence-electron chi connectivity index (χ4n) is 0.243. The first-order valence-corrected chi connectivity index (χ1v) is 2.47. The van der Waals surface area contributed by atoms with E-state index in [0.717, 1.165) is 0 Å². The number of terminal acetylenes is 1. The molecule has 0 unspecified atom stereocenters. The van der Waals surface area contributed by atoms with Crippen LogP contribution in [-0.4, -0.2) is 24.4 Å². The fraction of sp³-hybridized carbons (Fsp3) is 0.667. The average Bonchev–Trinajstić information content (AvgIpc) is 1.83. The molecule has 2 nitrogen and oxygen atoms in total. The third-order valence-electron chi connectivity index (χ3n) is 0.708. The second-order valence-electron chi connectivity index (χ2n) is 1.51. The molecule has 0 spiro atoms. The van der Waals surface area contributed by atoms with Gasteiger partial charge in [-0.2, -0.15) is 0 Å². The van der Waals surface area contributed by atoms with Crippen LogP contribution in [0.15, 0.2) is 0 Å². The second kappa shape index (κ2) is 4.63. The highest BCUT2D eigenvalue weighted by Gasteiger charge is 1.94. The molecule has 0 rings (SSSR count). The van der Waals surface area contributed by atoms with Crippen molar-refractivity contribution in [3.8, 4) is 12.3 Å². The van der Waals surface area contributed by atoms with E-state index in [-0.39, 0.29) is 19.3 Å². The molecule has 0 aliphatic heterocycles. The molecule has 0 aromatic rings. The van der Waals surface area contributed by atoms with Crippen LogP contribution < -0.4 is 0 Å². The van der Waals surface area contributed by atoms with E-state index in [1.807, 2.05) is 0 Å². The van der Waals surface area contributed by atoms with Crippen molar-refractivity contribution in [1.82, 2.24) is 0 Å². The maximum Gasteiger partial charge on any atom is 0.107 e. The Morgan fingerprint density at radius 1 is 1.88 bits per heavy atom. The minimum absolute atomic E-state index is 0.0294. The van der Waals surface area contributed by atoms with Crippen LogP contribution in [0, 0.1) is 12.3 Å². The summed E-state index contributed by atoms with van der Waals surface area (Å²) in [7, 11) is 0. The molecule has 0 aliphatic carbocycles. The van der Waals surface area contributed by atoms with Crippen LogP contribution >= 0.6 is 0 Å². The molecule has 0 bridgehead atoms. The Bertz CT molecular complexity index is 83.0. The molecule has 46 valence electrons. The van der Waals surface area contributed by atoms with Crippen LogP contribution in [0.2, 0.25) is 0 Å². The zero-order valence-electron chi connectivity index (χ0n) is 4.92. The third-order valence-corrected chi connectivity index (χ3v) is 0.708. The van der Waals surface area contributed by atoms with Crippen molar-refractivity contribution in [1.29, 1.82) is 0 Å². The second-order valence-corrected chi connectivity index (χ2v) is 1.51. The summed E-state index contributed by atoms with van der Waals surface area (Å²) >= 11 is 0. The van der Waals surface area contributed by atoms with E-state index in [1.165, 1.54) is 0 Å².